The number of aromatic nitrogens is 1. The van der Waals surface area contributed by atoms with Crippen LogP contribution in [0.15, 0.2) is 65.3 Å². The molecule has 2 aromatic carbocycles. The molecule has 1 amide bonds. The topological polar surface area (TPSA) is 84.6 Å². The van der Waals surface area contributed by atoms with Crippen LogP contribution >= 0.6 is 23.2 Å². The van der Waals surface area contributed by atoms with Crippen molar-refractivity contribution in [1.82, 2.24) is 10.5 Å². The number of fused-ring (bicyclic) bond motifs is 1. The van der Waals surface area contributed by atoms with Crippen molar-refractivity contribution < 1.29 is 19.2 Å². The molecule has 0 radical (unpaired) electrons. The maximum Gasteiger partial charge on any atom is 0.265 e. The van der Waals surface area contributed by atoms with Gasteiger partial charge in [0.25, 0.3) is 5.91 Å². The summed E-state index contributed by atoms with van der Waals surface area (Å²) < 4.78 is 11.1. The minimum Gasteiger partial charge on any atom is -0.480 e. The SMILES string of the molecule is C=C(CCc1cc(-c2ccc(Cl)cc2)no1)NC(=O)[C@H]1C[C@@H](O)c2cc(Cl)ccc2O1. The molecule has 160 valence electrons. The van der Waals surface area contributed by atoms with E-state index in [-0.39, 0.29) is 12.3 Å². The molecule has 6 nitrogen and oxygen atoms in total. The van der Waals surface area contributed by atoms with Crippen LogP contribution in [-0.2, 0) is 11.2 Å². The molecule has 0 saturated carbocycles. The Bertz CT molecular complexity index is 1110. The van der Waals surface area contributed by atoms with Gasteiger partial charge in [-0.1, -0.05) is 47.1 Å². The van der Waals surface area contributed by atoms with Crippen LogP contribution in [0.25, 0.3) is 11.3 Å². The highest BCUT2D eigenvalue weighted by Crippen LogP contribution is 2.36. The largest absolute Gasteiger partial charge is 0.480 e. The van der Waals surface area contributed by atoms with Crippen molar-refractivity contribution in [3.8, 4) is 17.0 Å². The van der Waals surface area contributed by atoms with Gasteiger partial charge in [-0.2, -0.15) is 0 Å². The number of ether oxygens (including phenoxy) is 1. The van der Waals surface area contributed by atoms with E-state index in [1.807, 2.05) is 18.2 Å². The first-order valence-electron chi connectivity index (χ1n) is 9.73. The molecule has 4 rings (SSSR count). The van der Waals surface area contributed by atoms with Crippen LogP contribution in [0.2, 0.25) is 10.0 Å². The van der Waals surface area contributed by atoms with Gasteiger partial charge in [-0.3, -0.25) is 4.79 Å². The third kappa shape index (κ3) is 5.10. The second-order valence-electron chi connectivity index (χ2n) is 7.32. The van der Waals surface area contributed by atoms with E-state index < -0.39 is 12.2 Å². The van der Waals surface area contributed by atoms with E-state index in [0.29, 0.717) is 51.4 Å². The molecule has 1 aliphatic heterocycles. The smallest absolute Gasteiger partial charge is 0.265 e. The number of hydrogen-bond acceptors (Lipinski definition) is 5. The van der Waals surface area contributed by atoms with Gasteiger partial charge >= 0.3 is 0 Å². The minimum absolute atomic E-state index is 0.138. The summed E-state index contributed by atoms with van der Waals surface area (Å²) in [4.78, 5) is 12.6. The fourth-order valence-electron chi connectivity index (χ4n) is 3.36. The van der Waals surface area contributed by atoms with Crippen LogP contribution in [0.4, 0.5) is 0 Å². The van der Waals surface area contributed by atoms with Crippen molar-refractivity contribution in [2.24, 2.45) is 0 Å². The molecule has 0 unspecified atom stereocenters. The number of nitrogens with one attached hydrogen (secondary N) is 1. The van der Waals surface area contributed by atoms with E-state index in [1.54, 1.807) is 30.3 Å². The van der Waals surface area contributed by atoms with Gasteiger partial charge in [0.05, 0.1) is 6.10 Å². The number of aliphatic hydroxyl groups excluding tert-OH is 1. The van der Waals surface area contributed by atoms with Gasteiger partial charge in [-0.15, -0.1) is 0 Å². The number of carbonyl (C=O) groups excluding carboxylic acids is 1. The lowest BCUT2D eigenvalue weighted by Gasteiger charge is -2.29. The third-order valence-electron chi connectivity index (χ3n) is 5.00. The van der Waals surface area contributed by atoms with Gasteiger partial charge in [0.15, 0.2) is 6.10 Å². The average molecular weight is 459 g/mol. The van der Waals surface area contributed by atoms with Crippen molar-refractivity contribution in [2.75, 3.05) is 0 Å². The van der Waals surface area contributed by atoms with Crippen LogP contribution in [0.5, 0.6) is 5.75 Å². The predicted molar refractivity (Wildman–Crippen MR) is 118 cm³/mol. The highest BCUT2D eigenvalue weighted by molar-refractivity contribution is 6.31. The number of rotatable bonds is 6. The summed E-state index contributed by atoms with van der Waals surface area (Å²) >= 11 is 11.9. The maximum absolute atomic E-state index is 12.6. The van der Waals surface area contributed by atoms with E-state index in [2.05, 4.69) is 17.1 Å². The lowest BCUT2D eigenvalue weighted by atomic mass is 9.98. The van der Waals surface area contributed by atoms with Crippen LogP contribution < -0.4 is 10.1 Å². The Hall–Kier alpha value is -2.80. The summed E-state index contributed by atoms with van der Waals surface area (Å²) in [6, 6.07) is 14.1. The molecule has 3 aromatic rings. The van der Waals surface area contributed by atoms with Gasteiger partial charge in [0.1, 0.15) is 17.2 Å². The number of halogens is 2. The van der Waals surface area contributed by atoms with Gasteiger partial charge in [0.2, 0.25) is 0 Å². The highest BCUT2D eigenvalue weighted by atomic mass is 35.5. The second kappa shape index (κ2) is 9.14. The standard InChI is InChI=1S/C23H20Cl2N2O4/c1-13(2-8-17-11-19(27-31-17)14-3-5-15(24)6-4-14)26-23(29)22-12-20(28)18-10-16(25)7-9-21(18)30-22/h3-7,9-11,20,22,28H,1-2,8,12H2,(H,26,29)/t20-,22-/m1/s1. The lowest BCUT2D eigenvalue weighted by molar-refractivity contribution is -0.129. The number of aryl methyl sites for hydroxylation is 1. The Morgan fingerprint density at radius 1 is 1.16 bits per heavy atom. The zero-order valence-corrected chi connectivity index (χ0v) is 18.0. The Labute approximate surface area is 189 Å². The fourth-order valence-corrected chi connectivity index (χ4v) is 3.66. The highest BCUT2D eigenvalue weighted by Gasteiger charge is 2.32. The first-order chi connectivity index (χ1) is 14.9. The Balaban J connectivity index is 1.31. The number of carbonyl (C=O) groups is 1. The van der Waals surface area contributed by atoms with Crippen LogP contribution in [0.3, 0.4) is 0 Å². The van der Waals surface area contributed by atoms with Gasteiger partial charge in [-0.25, -0.2) is 0 Å². The number of nitrogens with zero attached hydrogens (tertiary/aromatic N) is 1. The van der Waals surface area contributed by atoms with Crippen molar-refractivity contribution in [3.63, 3.8) is 0 Å². The normalized spacial score (nSPS) is 17.5. The molecule has 0 aliphatic carbocycles. The van der Waals surface area contributed by atoms with Crippen molar-refractivity contribution >= 4 is 29.1 Å². The summed E-state index contributed by atoms with van der Waals surface area (Å²) in [7, 11) is 0. The summed E-state index contributed by atoms with van der Waals surface area (Å²) in [6.07, 6.45) is -0.509. The van der Waals surface area contributed by atoms with E-state index in [0.717, 1.165) is 5.56 Å². The molecular weight excluding hydrogens is 439 g/mol. The van der Waals surface area contributed by atoms with Crippen LogP contribution in [0.1, 0.15) is 30.3 Å². The molecule has 0 fully saturated rings. The van der Waals surface area contributed by atoms with E-state index >= 15 is 0 Å². The molecule has 0 spiro atoms. The van der Waals surface area contributed by atoms with Crippen molar-refractivity contribution in [3.05, 3.63) is 82.2 Å². The second-order valence-corrected chi connectivity index (χ2v) is 8.19. The summed E-state index contributed by atoms with van der Waals surface area (Å²) in [6.45, 7) is 3.91. The Morgan fingerprint density at radius 3 is 2.68 bits per heavy atom. The quantitative estimate of drug-likeness (QED) is 0.536. The fraction of sp³-hybridized carbons (Fsp3) is 0.217. The first kappa shape index (κ1) is 21.4. The first-order valence-corrected chi connectivity index (χ1v) is 10.5. The van der Waals surface area contributed by atoms with Gasteiger partial charge in [-0.05, 0) is 36.8 Å². The summed E-state index contributed by atoms with van der Waals surface area (Å²) in [5.74, 6) is 0.768. The maximum atomic E-state index is 12.6. The number of benzene rings is 2. The zero-order valence-electron chi connectivity index (χ0n) is 16.5. The minimum atomic E-state index is -0.827. The van der Waals surface area contributed by atoms with Gasteiger partial charge < -0.3 is 19.7 Å². The summed E-state index contributed by atoms with van der Waals surface area (Å²) in [5.41, 5.74) is 2.72. The molecular formula is C23H20Cl2N2O4. The molecule has 2 atom stereocenters. The van der Waals surface area contributed by atoms with Crippen LogP contribution in [0, 0.1) is 0 Å². The number of aliphatic hydroxyl groups is 1. The van der Waals surface area contributed by atoms with E-state index in [1.165, 1.54) is 0 Å². The number of allylic oxidation sites excluding steroid dienone is 1. The molecule has 8 heteroatoms. The number of hydrogen-bond donors (Lipinski definition) is 2. The van der Waals surface area contributed by atoms with Crippen molar-refractivity contribution in [2.45, 2.75) is 31.5 Å². The molecule has 2 heterocycles. The van der Waals surface area contributed by atoms with Crippen LogP contribution in [-0.4, -0.2) is 22.3 Å². The Kier molecular flexibility index (Phi) is 6.32. The monoisotopic (exact) mass is 458 g/mol. The van der Waals surface area contributed by atoms with E-state index in [9.17, 15) is 9.90 Å². The predicted octanol–water partition coefficient (Wildman–Crippen LogP) is 5.10. The molecule has 1 aromatic heterocycles. The van der Waals surface area contributed by atoms with Gasteiger partial charge in [0, 0.05) is 45.8 Å². The Morgan fingerprint density at radius 2 is 1.90 bits per heavy atom. The van der Waals surface area contributed by atoms with E-state index in [4.69, 9.17) is 32.5 Å². The number of amides is 1. The summed E-state index contributed by atoms with van der Waals surface area (Å²) in [5, 5.41) is 18.3. The molecule has 1 aliphatic rings. The zero-order chi connectivity index (χ0) is 22.0. The molecule has 0 saturated heterocycles. The third-order valence-corrected chi connectivity index (χ3v) is 5.49. The molecule has 2 N–H and O–H groups in total. The lowest BCUT2D eigenvalue weighted by Crippen LogP contribution is -2.41. The molecule has 31 heavy (non-hydrogen) atoms. The van der Waals surface area contributed by atoms with Crippen molar-refractivity contribution in [1.29, 1.82) is 0 Å². The molecule has 0 bridgehead atoms. The average Bonchev–Trinajstić information content (AvgIpc) is 3.22.